The standard InChI is InChI=1S/C12H14O5/c1-7-9(15-2)6-5-8(11(7)16-3)10(13)12(14)17-4/h5-6H,1-4H3. The molecule has 0 bridgehead atoms. The van der Waals surface area contributed by atoms with Gasteiger partial charge in [0, 0.05) is 5.56 Å². The average Bonchev–Trinajstić information content (AvgIpc) is 2.36. The third-order valence-electron chi connectivity index (χ3n) is 2.40. The number of hydrogen-bond donors (Lipinski definition) is 0. The summed E-state index contributed by atoms with van der Waals surface area (Å²) in [4.78, 5) is 22.9. The zero-order chi connectivity index (χ0) is 13.0. The second-order valence-electron chi connectivity index (χ2n) is 3.29. The predicted molar refractivity (Wildman–Crippen MR) is 60.6 cm³/mol. The Kier molecular flexibility index (Phi) is 4.09. The average molecular weight is 238 g/mol. The molecule has 17 heavy (non-hydrogen) atoms. The summed E-state index contributed by atoms with van der Waals surface area (Å²) in [6.07, 6.45) is 0. The van der Waals surface area contributed by atoms with Gasteiger partial charge in [0.05, 0.1) is 26.9 Å². The minimum absolute atomic E-state index is 0.164. The lowest BCUT2D eigenvalue weighted by Gasteiger charge is -2.12. The van der Waals surface area contributed by atoms with Crippen molar-refractivity contribution in [2.45, 2.75) is 6.92 Å². The number of methoxy groups -OCH3 is 3. The molecule has 0 amide bonds. The fourth-order valence-electron chi connectivity index (χ4n) is 1.54. The molecule has 92 valence electrons. The Morgan fingerprint density at radius 1 is 1.06 bits per heavy atom. The molecule has 5 heteroatoms. The molecule has 0 heterocycles. The highest BCUT2D eigenvalue weighted by Crippen LogP contribution is 2.31. The van der Waals surface area contributed by atoms with E-state index in [1.807, 2.05) is 0 Å². The Labute approximate surface area is 99.3 Å². The first-order valence-corrected chi connectivity index (χ1v) is 4.91. The van der Waals surface area contributed by atoms with Crippen LogP contribution in [0.25, 0.3) is 0 Å². The van der Waals surface area contributed by atoms with Crippen LogP contribution < -0.4 is 9.47 Å². The Bertz CT molecular complexity index is 450. The number of benzene rings is 1. The summed E-state index contributed by atoms with van der Waals surface area (Å²) in [5.74, 6) is -0.758. The van der Waals surface area contributed by atoms with Gasteiger partial charge in [0.1, 0.15) is 11.5 Å². The molecule has 0 spiro atoms. The first-order chi connectivity index (χ1) is 8.06. The number of hydrogen-bond acceptors (Lipinski definition) is 5. The molecule has 0 N–H and O–H groups in total. The Morgan fingerprint density at radius 2 is 1.71 bits per heavy atom. The van der Waals surface area contributed by atoms with Crippen LogP contribution in [0.4, 0.5) is 0 Å². The molecule has 0 unspecified atom stereocenters. The molecule has 0 atom stereocenters. The predicted octanol–water partition coefficient (Wildman–Crippen LogP) is 1.37. The number of ketones is 1. The van der Waals surface area contributed by atoms with Crippen molar-refractivity contribution in [3.8, 4) is 11.5 Å². The maximum absolute atomic E-state index is 11.7. The number of rotatable bonds is 4. The van der Waals surface area contributed by atoms with Gasteiger partial charge in [0.15, 0.2) is 0 Å². The summed E-state index contributed by atoms with van der Waals surface area (Å²) in [6, 6.07) is 3.08. The van der Waals surface area contributed by atoms with Crippen LogP contribution in [0.15, 0.2) is 12.1 Å². The van der Waals surface area contributed by atoms with Crippen LogP contribution in [-0.2, 0) is 9.53 Å². The summed E-state index contributed by atoms with van der Waals surface area (Å²) in [7, 11) is 4.10. The molecule has 1 aromatic rings. The first-order valence-electron chi connectivity index (χ1n) is 4.91. The summed E-state index contributed by atoms with van der Waals surface area (Å²) < 4.78 is 14.6. The highest BCUT2D eigenvalue weighted by molar-refractivity contribution is 6.41. The van der Waals surface area contributed by atoms with Crippen molar-refractivity contribution >= 4 is 11.8 Å². The SMILES string of the molecule is COC(=O)C(=O)c1ccc(OC)c(C)c1OC. The normalized spacial score (nSPS) is 9.65. The van der Waals surface area contributed by atoms with Crippen molar-refractivity contribution in [1.29, 1.82) is 0 Å². The third-order valence-corrected chi connectivity index (χ3v) is 2.40. The molecule has 0 aromatic heterocycles. The van der Waals surface area contributed by atoms with Crippen molar-refractivity contribution < 1.29 is 23.8 Å². The summed E-state index contributed by atoms with van der Waals surface area (Å²) in [5, 5.41) is 0. The van der Waals surface area contributed by atoms with Crippen LogP contribution >= 0.6 is 0 Å². The molecule has 0 aliphatic carbocycles. The van der Waals surface area contributed by atoms with E-state index in [2.05, 4.69) is 4.74 Å². The zero-order valence-electron chi connectivity index (χ0n) is 10.2. The maximum Gasteiger partial charge on any atom is 0.379 e. The van der Waals surface area contributed by atoms with E-state index in [1.54, 1.807) is 13.0 Å². The van der Waals surface area contributed by atoms with Gasteiger partial charge in [-0.3, -0.25) is 4.79 Å². The number of carbonyl (C=O) groups is 2. The fourth-order valence-corrected chi connectivity index (χ4v) is 1.54. The van der Waals surface area contributed by atoms with Crippen molar-refractivity contribution in [2.75, 3.05) is 21.3 Å². The van der Waals surface area contributed by atoms with E-state index in [1.165, 1.54) is 20.3 Å². The summed E-state index contributed by atoms with van der Waals surface area (Å²) >= 11 is 0. The topological polar surface area (TPSA) is 61.8 Å². The smallest absolute Gasteiger partial charge is 0.379 e. The number of ether oxygens (including phenoxy) is 3. The maximum atomic E-state index is 11.7. The molecule has 5 nitrogen and oxygen atoms in total. The molecule has 0 aliphatic heterocycles. The van der Waals surface area contributed by atoms with Gasteiger partial charge in [0.25, 0.3) is 5.78 Å². The van der Waals surface area contributed by atoms with E-state index in [9.17, 15) is 9.59 Å². The van der Waals surface area contributed by atoms with Crippen LogP contribution in [0.3, 0.4) is 0 Å². The van der Waals surface area contributed by atoms with Gasteiger partial charge in [-0.25, -0.2) is 4.79 Å². The molecule has 0 saturated heterocycles. The van der Waals surface area contributed by atoms with Gasteiger partial charge in [-0.2, -0.15) is 0 Å². The van der Waals surface area contributed by atoms with Gasteiger partial charge in [-0.15, -0.1) is 0 Å². The molecule has 0 saturated carbocycles. The lowest BCUT2D eigenvalue weighted by molar-refractivity contribution is -0.135. The van der Waals surface area contributed by atoms with E-state index >= 15 is 0 Å². The highest BCUT2D eigenvalue weighted by Gasteiger charge is 2.23. The second-order valence-corrected chi connectivity index (χ2v) is 3.29. The van der Waals surface area contributed by atoms with Crippen LogP contribution in [0, 0.1) is 6.92 Å². The Morgan fingerprint density at radius 3 is 2.18 bits per heavy atom. The number of carbonyl (C=O) groups excluding carboxylic acids is 2. The van der Waals surface area contributed by atoms with E-state index in [4.69, 9.17) is 9.47 Å². The van der Waals surface area contributed by atoms with Crippen molar-refractivity contribution in [3.05, 3.63) is 23.3 Å². The van der Waals surface area contributed by atoms with Crippen LogP contribution in [0.2, 0.25) is 0 Å². The van der Waals surface area contributed by atoms with Crippen molar-refractivity contribution in [2.24, 2.45) is 0 Å². The molecule has 1 aromatic carbocycles. The van der Waals surface area contributed by atoms with Crippen LogP contribution in [0.5, 0.6) is 11.5 Å². The van der Waals surface area contributed by atoms with Gasteiger partial charge < -0.3 is 14.2 Å². The molecule has 0 fully saturated rings. The van der Waals surface area contributed by atoms with Crippen molar-refractivity contribution in [3.63, 3.8) is 0 Å². The highest BCUT2D eigenvalue weighted by atomic mass is 16.5. The quantitative estimate of drug-likeness (QED) is 0.450. The van der Waals surface area contributed by atoms with Gasteiger partial charge in [-0.1, -0.05) is 0 Å². The zero-order valence-corrected chi connectivity index (χ0v) is 10.2. The largest absolute Gasteiger partial charge is 0.496 e. The van der Waals surface area contributed by atoms with Gasteiger partial charge in [0.2, 0.25) is 0 Å². The Balaban J connectivity index is 3.31. The minimum atomic E-state index is -0.923. The summed E-state index contributed by atoms with van der Waals surface area (Å²) in [5.41, 5.74) is 0.822. The van der Waals surface area contributed by atoms with E-state index in [0.717, 1.165) is 7.11 Å². The fraction of sp³-hybridized carbons (Fsp3) is 0.333. The lowest BCUT2D eigenvalue weighted by atomic mass is 10.0. The molecular formula is C12H14O5. The van der Waals surface area contributed by atoms with Gasteiger partial charge in [-0.05, 0) is 19.1 Å². The van der Waals surface area contributed by atoms with Crippen molar-refractivity contribution in [1.82, 2.24) is 0 Å². The van der Waals surface area contributed by atoms with Crippen LogP contribution in [0.1, 0.15) is 15.9 Å². The monoisotopic (exact) mass is 238 g/mol. The minimum Gasteiger partial charge on any atom is -0.496 e. The van der Waals surface area contributed by atoms with Gasteiger partial charge >= 0.3 is 5.97 Å². The molecule has 1 rings (SSSR count). The van der Waals surface area contributed by atoms with E-state index in [-0.39, 0.29) is 5.56 Å². The number of Topliss-reactive ketones (excluding diaryl/α,β-unsaturated/α-hetero) is 1. The molecular weight excluding hydrogens is 224 g/mol. The summed E-state index contributed by atoms with van der Waals surface area (Å²) in [6.45, 7) is 1.74. The first kappa shape index (κ1) is 13.0. The van der Waals surface area contributed by atoms with E-state index in [0.29, 0.717) is 17.1 Å². The van der Waals surface area contributed by atoms with Crippen LogP contribution in [-0.4, -0.2) is 33.1 Å². The molecule has 0 aliphatic rings. The number of esters is 1. The second kappa shape index (κ2) is 5.34. The van der Waals surface area contributed by atoms with E-state index < -0.39 is 11.8 Å². The Hall–Kier alpha value is -2.04. The molecule has 0 radical (unpaired) electrons. The lowest BCUT2D eigenvalue weighted by Crippen LogP contribution is -2.17. The third kappa shape index (κ3) is 2.38.